The Bertz CT molecular complexity index is 478. The maximum absolute atomic E-state index is 12.1. The minimum Gasteiger partial charge on any atom is -0.374 e. The van der Waals surface area contributed by atoms with E-state index in [-0.39, 0.29) is 23.8 Å². The third-order valence-electron chi connectivity index (χ3n) is 3.06. The van der Waals surface area contributed by atoms with Crippen LogP contribution in [0.3, 0.4) is 0 Å². The zero-order chi connectivity index (χ0) is 14.0. The van der Waals surface area contributed by atoms with Crippen molar-refractivity contribution in [1.29, 1.82) is 0 Å². The minimum absolute atomic E-state index is 0.128. The molecular formula is C12H18N4O2S. The van der Waals surface area contributed by atoms with Crippen LogP contribution in [0.2, 0.25) is 0 Å². The molecule has 1 aliphatic rings. The number of aromatic nitrogens is 2. The molecule has 0 atom stereocenters. The zero-order valence-electron chi connectivity index (χ0n) is 11.4. The van der Waals surface area contributed by atoms with E-state index in [9.17, 15) is 9.59 Å². The van der Waals surface area contributed by atoms with E-state index >= 15 is 0 Å². The van der Waals surface area contributed by atoms with Crippen molar-refractivity contribution in [1.82, 2.24) is 14.5 Å². The van der Waals surface area contributed by atoms with Gasteiger partial charge in [0, 0.05) is 30.9 Å². The molecule has 0 spiro atoms. The maximum Gasteiger partial charge on any atom is 0.230 e. The number of anilines is 1. The monoisotopic (exact) mass is 282 g/mol. The topological polar surface area (TPSA) is 75.2 Å². The number of carbonyl (C=O) groups is 2. The molecule has 2 heterocycles. The summed E-state index contributed by atoms with van der Waals surface area (Å²) in [6.45, 7) is 6.82. The van der Waals surface area contributed by atoms with Crippen molar-refractivity contribution < 1.29 is 9.59 Å². The maximum atomic E-state index is 12.1. The first kappa shape index (κ1) is 13.9. The van der Waals surface area contributed by atoms with Gasteiger partial charge in [0.05, 0.1) is 6.54 Å². The number of amides is 2. The van der Waals surface area contributed by atoms with Crippen molar-refractivity contribution >= 4 is 28.3 Å². The van der Waals surface area contributed by atoms with Crippen LogP contribution in [-0.4, -0.2) is 32.8 Å². The molecule has 0 radical (unpaired) electrons. The smallest absolute Gasteiger partial charge is 0.230 e. The average molecular weight is 282 g/mol. The van der Waals surface area contributed by atoms with E-state index < -0.39 is 0 Å². The van der Waals surface area contributed by atoms with Gasteiger partial charge >= 0.3 is 0 Å². The highest BCUT2D eigenvalue weighted by Gasteiger charge is 2.37. The molecule has 1 aromatic rings. The highest BCUT2D eigenvalue weighted by Crippen LogP contribution is 2.32. The summed E-state index contributed by atoms with van der Waals surface area (Å²) in [4.78, 5) is 25.4. The first-order chi connectivity index (χ1) is 8.93. The van der Waals surface area contributed by atoms with Gasteiger partial charge in [0.15, 0.2) is 0 Å². The lowest BCUT2D eigenvalue weighted by Gasteiger charge is -2.34. The van der Waals surface area contributed by atoms with Gasteiger partial charge in [-0.15, -0.1) is 5.10 Å². The van der Waals surface area contributed by atoms with Crippen LogP contribution in [0.5, 0.6) is 0 Å². The molecule has 1 fully saturated rings. The van der Waals surface area contributed by atoms with Gasteiger partial charge in [-0.1, -0.05) is 18.3 Å². The number of carbonyl (C=O) groups excluding carboxylic acids is 2. The first-order valence-electron chi connectivity index (χ1n) is 6.31. The molecule has 0 bridgehead atoms. The van der Waals surface area contributed by atoms with Crippen LogP contribution in [-0.2, 0) is 16.1 Å². The lowest BCUT2D eigenvalue weighted by atomic mass is 9.82. The van der Waals surface area contributed by atoms with E-state index in [4.69, 9.17) is 0 Å². The van der Waals surface area contributed by atoms with Crippen molar-refractivity contribution in [3.05, 3.63) is 5.69 Å². The molecule has 7 heteroatoms. The fraction of sp³-hybridized carbons (Fsp3) is 0.667. The summed E-state index contributed by atoms with van der Waals surface area (Å²) in [5.74, 6) is -0.256. The third kappa shape index (κ3) is 3.09. The SMILES string of the molecule is CCNc1snnc1CN1C(=O)CC(C)(C)CC1=O. The standard InChI is InChI=1S/C12H18N4O2S/c1-4-13-11-8(14-15-19-11)7-16-9(17)5-12(2,3)6-10(16)18/h13H,4-7H2,1-3H3. The normalized spacial score (nSPS) is 18.8. The van der Waals surface area contributed by atoms with E-state index in [2.05, 4.69) is 14.9 Å². The predicted octanol–water partition coefficient (Wildman–Crippen LogP) is 1.65. The van der Waals surface area contributed by atoms with Crippen LogP contribution < -0.4 is 5.32 Å². The van der Waals surface area contributed by atoms with Crippen molar-refractivity contribution in [2.75, 3.05) is 11.9 Å². The molecule has 1 saturated heterocycles. The Kier molecular flexibility index (Phi) is 3.84. The fourth-order valence-corrected chi connectivity index (χ4v) is 2.78. The van der Waals surface area contributed by atoms with Crippen LogP contribution in [0.1, 0.15) is 39.3 Å². The van der Waals surface area contributed by atoms with E-state index in [1.54, 1.807) is 0 Å². The summed E-state index contributed by atoms with van der Waals surface area (Å²) < 4.78 is 3.86. The number of hydrogen-bond donors (Lipinski definition) is 1. The van der Waals surface area contributed by atoms with Crippen LogP contribution in [0.15, 0.2) is 0 Å². The summed E-state index contributed by atoms with van der Waals surface area (Å²) in [5, 5.41) is 7.96. The summed E-state index contributed by atoms with van der Waals surface area (Å²) in [6.07, 6.45) is 0.791. The Balaban J connectivity index is 2.12. The summed E-state index contributed by atoms with van der Waals surface area (Å²) >= 11 is 1.24. The molecule has 0 saturated carbocycles. The molecule has 19 heavy (non-hydrogen) atoms. The average Bonchev–Trinajstić information content (AvgIpc) is 2.70. The van der Waals surface area contributed by atoms with Crippen molar-refractivity contribution in [2.24, 2.45) is 5.41 Å². The van der Waals surface area contributed by atoms with Crippen molar-refractivity contribution in [2.45, 2.75) is 40.2 Å². The van der Waals surface area contributed by atoms with Gasteiger partial charge in [-0.05, 0) is 12.3 Å². The lowest BCUT2D eigenvalue weighted by Crippen LogP contribution is -2.45. The molecular weight excluding hydrogens is 264 g/mol. The molecule has 104 valence electrons. The van der Waals surface area contributed by atoms with E-state index in [0.717, 1.165) is 11.5 Å². The van der Waals surface area contributed by atoms with Gasteiger partial charge in [-0.3, -0.25) is 14.5 Å². The molecule has 1 aromatic heterocycles. The summed E-state index contributed by atoms with van der Waals surface area (Å²) in [6, 6.07) is 0. The largest absolute Gasteiger partial charge is 0.374 e. The molecule has 0 aromatic carbocycles. The second-order valence-corrected chi connectivity index (χ2v) is 6.22. The van der Waals surface area contributed by atoms with E-state index in [1.165, 1.54) is 16.4 Å². The summed E-state index contributed by atoms with van der Waals surface area (Å²) in [5.41, 5.74) is 0.420. The first-order valence-corrected chi connectivity index (χ1v) is 7.08. The van der Waals surface area contributed by atoms with Gasteiger partial charge in [0.1, 0.15) is 10.7 Å². The zero-order valence-corrected chi connectivity index (χ0v) is 12.2. The quantitative estimate of drug-likeness (QED) is 0.850. The van der Waals surface area contributed by atoms with Gasteiger partial charge in [0.25, 0.3) is 0 Å². The Hall–Kier alpha value is -1.50. The van der Waals surface area contributed by atoms with Crippen LogP contribution in [0, 0.1) is 5.41 Å². The molecule has 0 unspecified atom stereocenters. The second kappa shape index (κ2) is 5.24. The van der Waals surface area contributed by atoms with Crippen LogP contribution in [0.4, 0.5) is 5.00 Å². The predicted molar refractivity (Wildman–Crippen MR) is 72.6 cm³/mol. The number of imide groups is 1. The number of piperidine rings is 1. The highest BCUT2D eigenvalue weighted by atomic mass is 32.1. The molecule has 2 amide bonds. The van der Waals surface area contributed by atoms with Gasteiger partial charge in [-0.25, -0.2) is 0 Å². The Morgan fingerprint density at radius 1 is 1.32 bits per heavy atom. The second-order valence-electron chi connectivity index (χ2n) is 5.47. The third-order valence-corrected chi connectivity index (χ3v) is 3.79. The number of rotatable bonds is 4. The van der Waals surface area contributed by atoms with Gasteiger partial charge < -0.3 is 5.32 Å². The molecule has 1 aliphatic heterocycles. The Morgan fingerprint density at radius 3 is 2.53 bits per heavy atom. The highest BCUT2D eigenvalue weighted by molar-refractivity contribution is 7.10. The van der Waals surface area contributed by atoms with Gasteiger partial charge in [-0.2, -0.15) is 0 Å². The van der Waals surface area contributed by atoms with Crippen LogP contribution in [0.25, 0.3) is 0 Å². The molecule has 2 rings (SSSR count). The number of likely N-dealkylation sites (tertiary alicyclic amines) is 1. The molecule has 1 N–H and O–H groups in total. The Morgan fingerprint density at radius 2 is 1.95 bits per heavy atom. The summed E-state index contributed by atoms with van der Waals surface area (Å²) in [7, 11) is 0. The fourth-order valence-electron chi connectivity index (χ4n) is 2.14. The molecule has 0 aliphatic carbocycles. The number of nitrogens with zero attached hydrogens (tertiary/aromatic N) is 3. The Labute approximate surface area is 116 Å². The number of nitrogens with one attached hydrogen (secondary N) is 1. The van der Waals surface area contributed by atoms with Crippen LogP contribution >= 0.6 is 11.5 Å². The van der Waals surface area contributed by atoms with Crippen molar-refractivity contribution in [3.63, 3.8) is 0 Å². The van der Waals surface area contributed by atoms with Gasteiger partial charge in [0.2, 0.25) is 11.8 Å². The minimum atomic E-state index is -0.241. The van der Waals surface area contributed by atoms with E-state index in [1.807, 2.05) is 20.8 Å². The number of hydrogen-bond acceptors (Lipinski definition) is 6. The van der Waals surface area contributed by atoms with Crippen molar-refractivity contribution in [3.8, 4) is 0 Å². The lowest BCUT2D eigenvalue weighted by molar-refractivity contribution is -0.153. The van der Waals surface area contributed by atoms with E-state index in [0.29, 0.717) is 18.5 Å². The molecule has 6 nitrogen and oxygen atoms in total.